The van der Waals surface area contributed by atoms with Gasteiger partial charge in [-0.2, -0.15) is 18.3 Å². The third-order valence-electron chi connectivity index (χ3n) is 4.51. The highest BCUT2D eigenvalue weighted by molar-refractivity contribution is 7.92. The molecule has 30 heavy (non-hydrogen) atoms. The highest BCUT2D eigenvalue weighted by Gasteiger charge is 2.30. The molecule has 7 nitrogen and oxygen atoms in total. The van der Waals surface area contributed by atoms with Crippen LogP contribution in [0.25, 0.3) is 27.5 Å². The topological polar surface area (TPSA) is 86.0 Å². The van der Waals surface area contributed by atoms with Crippen molar-refractivity contribution in [1.82, 2.24) is 14.3 Å². The molecule has 2 aromatic carbocycles. The van der Waals surface area contributed by atoms with E-state index in [1.807, 2.05) is 0 Å². The third-order valence-corrected chi connectivity index (χ3v) is 5.12. The molecule has 0 aliphatic carbocycles. The van der Waals surface area contributed by atoms with E-state index in [9.17, 15) is 26.4 Å². The van der Waals surface area contributed by atoms with Gasteiger partial charge >= 0.3 is 6.18 Å². The summed E-state index contributed by atoms with van der Waals surface area (Å²) in [5.41, 5.74) is -0.0233. The van der Waals surface area contributed by atoms with Crippen LogP contribution >= 0.6 is 0 Å². The minimum atomic E-state index is -4.49. The van der Waals surface area contributed by atoms with Gasteiger partial charge in [0.15, 0.2) is 0 Å². The van der Waals surface area contributed by atoms with Crippen molar-refractivity contribution < 1.29 is 21.6 Å². The molecule has 4 aromatic rings. The van der Waals surface area contributed by atoms with E-state index >= 15 is 0 Å². The predicted octanol–water partition coefficient (Wildman–Crippen LogP) is 3.27. The van der Waals surface area contributed by atoms with E-state index < -0.39 is 27.3 Å². The average molecular weight is 436 g/mol. The Labute approximate surface area is 168 Å². The zero-order valence-corrected chi connectivity index (χ0v) is 16.5. The molecule has 0 bridgehead atoms. The molecule has 0 fully saturated rings. The molecule has 0 spiro atoms. The van der Waals surface area contributed by atoms with Crippen molar-refractivity contribution >= 4 is 37.5 Å². The van der Waals surface area contributed by atoms with Gasteiger partial charge in [0, 0.05) is 30.0 Å². The Bertz CT molecular complexity index is 1450. The summed E-state index contributed by atoms with van der Waals surface area (Å²) in [7, 11) is -1.90. The summed E-state index contributed by atoms with van der Waals surface area (Å²) in [4.78, 5) is 13.1. The number of halogens is 3. The Balaban J connectivity index is 2.03. The van der Waals surface area contributed by atoms with Gasteiger partial charge < -0.3 is 0 Å². The number of hydrogen-bond donors (Lipinski definition) is 1. The first-order chi connectivity index (χ1) is 13.9. The van der Waals surface area contributed by atoms with Gasteiger partial charge in [-0.1, -0.05) is 0 Å². The standard InChI is InChI=1S/C19H15F3N4O3S/c1-25-10-15-17(23-25)14-9-12(24-30(2,28)29)5-8-16(14)26(18(15)27)13-6-3-11(4-7-13)19(20,21)22/h3-10,24H,1-2H3. The quantitative estimate of drug-likeness (QED) is 0.534. The third kappa shape index (κ3) is 3.52. The van der Waals surface area contributed by atoms with Gasteiger partial charge in [-0.15, -0.1) is 0 Å². The summed E-state index contributed by atoms with van der Waals surface area (Å²) in [5.74, 6) is 0. The van der Waals surface area contributed by atoms with Crippen LogP contribution in [0.1, 0.15) is 5.56 Å². The zero-order chi connectivity index (χ0) is 21.8. The minimum absolute atomic E-state index is 0.243. The van der Waals surface area contributed by atoms with E-state index in [1.165, 1.54) is 45.8 Å². The first-order valence-electron chi connectivity index (χ1n) is 8.61. The number of alkyl halides is 3. The molecule has 0 radical (unpaired) electrons. The van der Waals surface area contributed by atoms with Crippen molar-refractivity contribution in [2.75, 3.05) is 11.0 Å². The lowest BCUT2D eigenvalue weighted by Crippen LogP contribution is -2.19. The molecule has 0 saturated heterocycles. The first-order valence-corrected chi connectivity index (χ1v) is 10.5. The van der Waals surface area contributed by atoms with Gasteiger partial charge in [0.25, 0.3) is 5.56 Å². The summed E-state index contributed by atoms with van der Waals surface area (Å²) in [6, 6.07) is 8.77. The van der Waals surface area contributed by atoms with Gasteiger partial charge in [0.1, 0.15) is 5.52 Å². The van der Waals surface area contributed by atoms with Crippen LogP contribution in [0.5, 0.6) is 0 Å². The second kappa shape index (κ2) is 6.59. The molecule has 0 atom stereocenters. The number of anilines is 1. The Morgan fingerprint density at radius 2 is 1.70 bits per heavy atom. The lowest BCUT2D eigenvalue weighted by atomic mass is 10.1. The fraction of sp³-hybridized carbons (Fsp3) is 0.158. The maximum Gasteiger partial charge on any atom is 0.416 e. The van der Waals surface area contributed by atoms with Crippen molar-refractivity contribution in [1.29, 1.82) is 0 Å². The lowest BCUT2D eigenvalue weighted by molar-refractivity contribution is -0.137. The molecule has 0 unspecified atom stereocenters. The highest BCUT2D eigenvalue weighted by atomic mass is 32.2. The van der Waals surface area contributed by atoms with Crippen LogP contribution < -0.4 is 10.3 Å². The zero-order valence-electron chi connectivity index (χ0n) is 15.7. The summed E-state index contributed by atoms with van der Waals surface area (Å²) >= 11 is 0. The minimum Gasteiger partial charge on any atom is -0.284 e. The molecule has 156 valence electrons. The van der Waals surface area contributed by atoms with Gasteiger partial charge in [0.2, 0.25) is 10.0 Å². The number of fused-ring (bicyclic) bond motifs is 3. The summed E-state index contributed by atoms with van der Waals surface area (Å²) in [6.45, 7) is 0. The van der Waals surface area contributed by atoms with Gasteiger partial charge in [-0.05, 0) is 42.5 Å². The number of aromatic nitrogens is 3. The first kappa shape index (κ1) is 20.0. The monoisotopic (exact) mass is 436 g/mol. The number of rotatable bonds is 3. The Morgan fingerprint density at radius 1 is 1.03 bits per heavy atom. The lowest BCUT2D eigenvalue weighted by Gasteiger charge is -2.14. The van der Waals surface area contributed by atoms with Gasteiger partial charge in [-0.25, -0.2) is 8.42 Å². The van der Waals surface area contributed by atoms with Gasteiger partial charge in [0.05, 0.1) is 22.7 Å². The van der Waals surface area contributed by atoms with E-state index in [4.69, 9.17) is 0 Å². The number of sulfonamides is 1. The Morgan fingerprint density at radius 3 is 2.30 bits per heavy atom. The molecular formula is C19H15F3N4O3S. The molecule has 0 amide bonds. The molecule has 1 N–H and O–H groups in total. The maximum atomic E-state index is 13.1. The Kier molecular flexibility index (Phi) is 4.38. The van der Waals surface area contributed by atoms with Crippen molar-refractivity contribution in [3.05, 3.63) is 64.6 Å². The number of hydrogen-bond acceptors (Lipinski definition) is 4. The molecule has 0 aliphatic heterocycles. The van der Waals surface area contributed by atoms with Gasteiger partial charge in [-0.3, -0.25) is 18.8 Å². The number of nitrogens with one attached hydrogen (secondary N) is 1. The molecule has 0 saturated carbocycles. The van der Waals surface area contributed by atoms with Crippen LogP contribution in [0.15, 0.2) is 53.5 Å². The fourth-order valence-corrected chi connectivity index (χ4v) is 3.88. The molecule has 11 heteroatoms. The van der Waals surface area contributed by atoms with E-state index in [1.54, 1.807) is 7.05 Å². The molecule has 0 aliphatic rings. The number of pyridine rings is 1. The SMILES string of the molecule is Cn1cc2c(=O)n(-c3ccc(C(F)(F)F)cc3)c3ccc(NS(C)(=O)=O)cc3c2n1. The van der Waals surface area contributed by atoms with Crippen LogP contribution in [-0.2, 0) is 23.2 Å². The van der Waals surface area contributed by atoms with Crippen LogP contribution in [0.2, 0.25) is 0 Å². The largest absolute Gasteiger partial charge is 0.416 e. The molecule has 4 rings (SSSR count). The second-order valence-electron chi connectivity index (χ2n) is 6.86. The smallest absolute Gasteiger partial charge is 0.284 e. The normalized spacial score (nSPS) is 12.6. The summed E-state index contributed by atoms with van der Waals surface area (Å²) in [5, 5.41) is 5.02. The number of benzene rings is 2. The summed E-state index contributed by atoms with van der Waals surface area (Å²) < 4.78 is 67.0. The van der Waals surface area contributed by atoms with Crippen LogP contribution in [0, 0.1) is 0 Å². The maximum absolute atomic E-state index is 13.1. The Hall–Kier alpha value is -3.34. The molecular weight excluding hydrogens is 421 g/mol. The predicted molar refractivity (Wildman–Crippen MR) is 107 cm³/mol. The van der Waals surface area contributed by atoms with Crippen molar-refractivity contribution in [2.45, 2.75) is 6.18 Å². The molecule has 2 heterocycles. The molecule has 2 aromatic heterocycles. The van der Waals surface area contributed by atoms with E-state index in [2.05, 4.69) is 9.82 Å². The highest BCUT2D eigenvalue weighted by Crippen LogP contribution is 2.31. The van der Waals surface area contributed by atoms with Crippen molar-refractivity contribution in [2.24, 2.45) is 7.05 Å². The van der Waals surface area contributed by atoms with Crippen molar-refractivity contribution in [3.8, 4) is 5.69 Å². The van der Waals surface area contributed by atoms with E-state index in [0.29, 0.717) is 16.4 Å². The fourth-order valence-electron chi connectivity index (χ4n) is 3.33. The van der Waals surface area contributed by atoms with E-state index in [0.717, 1.165) is 18.4 Å². The second-order valence-corrected chi connectivity index (χ2v) is 8.60. The summed E-state index contributed by atoms with van der Waals surface area (Å²) in [6.07, 6.45) is -1.98. The average Bonchev–Trinajstić information content (AvgIpc) is 3.03. The van der Waals surface area contributed by atoms with Crippen molar-refractivity contribution in [3.63, 3.8) is 0 Å². The van der Waals surface area contributed by atoms with E-state index in [-0.39, 0.29) is 16.8 Å². The van der Waals surface area contributed by atoms with Crippen LogP contribution in [0.4, 0.5) is 18.9 Å². The van der Waals surface area contributed by atoms with Crippen LogP contribution in [0.3, 0.4) is 0 Å². The van der Waals surface area contributed by atoms with Crippen LogP contribution in [-0.4, -0.2) is 29.0 Å². The number of aryl methyl sites for hydroxylation is 1. The number of nitrogens with zero attached hydrogens (tertiary/aromatic N) is 3.